The second-order valence-corrected chi connectivity index (χ2v) is 8.80. The standard InChI is InChI=1S/C20H25N3O3S/c1-16(18-6-5-11-21-15-18)22-20(24)14-17-7-9-19(10-8-17)27(25,26)23-12-3-2-4-13-23/h5-11,15-16H,2-4,12-14H2,1H3,(H,22,24). The van der Waals surface area contributed by atoms with Crippen molar-refractivity contribution in [3.8, 4) is 0 Å². The second-order valence-electron chi connectivity index (χ2n) is 6.86. The SMILES string of the molecule is CC(NC(=O)Cc1ccc(S(=O)(=O)N2CCCCC2)cc1)c1cccnc1. The minimum absolute atomic E-state index is 0.113. The van der Waals surface area contributed by atoms with Crippen molar-refractivity contribution in [2.24, 2.45) is 0 Å². The zero-order chi connectivity index (χ0) is 19.3. The largest absolute Gasteiger partial charge is 0.349 e. The van der Waals surface area contributed by atoms with Crippen molar-refractivity contribution in [2.75, 3.05) is 13.1 Å². The van der Waals surface area contributed by atoms with Crippen LogP contribution in [0.15, 0.2) is 53.7 Å². The molecule has 1 N–H and O–H groups in total. The van der Waals surface area contributed by atoms with E-state index in [1.807, 2.05) is 19.1 Å². The van der Waals surface area contributed by atoms with E-state index in [4.69, 9.17) is 0 Å². The van der Waals surface area contributed by atoms with E-state index in [1.165, 1.54) is 0 Å². The molecule has 2 heterocycles. The number of pyridine rings is 1. The Kier molecular flexibility index (Phi) is 6.23. The quantitative estimate of drug-likeness (QED) is 0.826. The number of carbonyl (C=O) groups excluding carboxylic acids is 1. The van der Waals surface area contributed by atoms with Crippen molar-refractivity contribution < 1.29 is 13.2 Å². The molecule has 0 aliphatic carbocycles. The van der Waals surface area contributed by atoms with Gasteiger partial charge in [-0.2, -0.15) is 4.31 Å². The predicted molar refractivity (Wildman–Crippen MR) is 104 cm³/mol. The molecule has 0 spiro atoms. The van der Waals surface area contributed by atoms with Crippen LogP contribution in [0.3, 0.4) is 0 Å². The van der Waals surface area contributed by atoms with Crippen molar-refractivity contribution in [2.45, 2.75) is 43.5 Å². The summed E-state index contributed by atoms with van der Waals surface area (Å²) in [7, 11) is -3.44. The van der Waals surface area contributed by atoms with Crippen LogP contribution in [0.5, 0.6) is 0 Å². The fraction of sp³-hybridized carbons (Fsp3) is 0.400. The van der Waals surface area contributed by atoms with Crippen molar-refractivity contribution >= 4 is 15.9 Å². The molecular formula is C20H25N3O3S. The molecule has 1 amide bonds. The summed E-state index contributed by atoms with van der Waals surface area (Å²) in [5.41, 5.74) is 1.72. The third-order valence-electron chi connectivity index (χ3n) is 4.80. The van der Waals surface area contributed by atoms with E-state index in [-0.39, 0.29) is 23.3 Å². The van der Waals surface area contributed by atoms with Crippen LogP contribution >= 0.6 is 0 Å². The Bertz CT molecular complexity index is 861. The summed E-state index contributed by atoms with van der Waals surface area (Å²) < 4.78 is 26.9. The van der Waals surface area contributed by atoms with Gasteiger partial charge in [0.05, 0.1) is 17.4 Å². The van der Waals surface area contributed by atoms with Gasteiger partial charge in [-0.05, 0) is 49.1 Å². The highest BCUT2D eigenvalue weighted by atomic mass is 32.2. The number of carbonyl (C=O) groups is 1. The first-order valence-electron chi connectivity index (χ1n) is 9.25. The number of aromatic nitrogens is 1. The zero-order valence-corrected chi connectivity index (χ0v) is 16.3. The lowest BCUT2D eigenvalue weighted by atomic mass is 10.1. The van der Waals surface area contributed by atoms with Crippen LogP contribution in [-0.4, -0.2) is 36.7 Å². The third kappa shape index (κ3) is 4.93. The van der Waals surface area contributed by atoms with Crippen LogP contribution in [0.2, 0.25) is 0 Å². The predicted octanol–water partition coefficient (Wildman–Crippen LogP) is 2.68. The number of sulfonamides is 1. The van der Waals surface area contributed by atoms with E-state index in [2.05, 4.69) is 10.3 Å². The van der Waals surface area contributed by atoms with Crippen LogP contribution in [-0.2, 0) is 21.2 Å². The smallest absolute Gasteiger partial charge is 0.243 e. The Hall–Kier alpha value is -2.25. The van der Waals surface area contributed by atoms with Gasteiger partial charge in [0, 0.05) is 25.5 Å². The monoisotopic (exact) mass is 387 g/mol. The van der Waals surface area contributed by atoms with Gasteiger partial charge in [-0.25, -0.2) is 8.42 Å². The van der Waals surface area contributed by atoms with E-state index in [9.17, 15) is 13.2 Å². The molecule has 1 aromatic carbocycles. The molecule has 1 fully saturated rings. The lowest BCUT2D eigenvalue weighted by Gasteiger charge is -2.25. The maximum atomic E-state index is 12.7. The number of nitrogens with zero attached hydrogens (tertiary/aromatic N) is 2. The molecule has 27 heavy (non-hydrogen) atoms. The maximum absolute atomic E-state index is 12.7. The summed E-state index contributed by atoms with van der Waals surface area (Å²) in [4.78, 5) is 16.6. The second kappa shape index (κ2) is 8.63. The fourth-order valence-corrected chi connectivity index (χ4v) is 4.74. The van der Waals surface area contributed by atoms with E-state index in [0.717, 1.165) is 30.4 Å². The molecule has 1 unspecified atom stereocenters. The maximum Gasteiger partial charge on any atom is 0.243 e. The minimum Gasteiger partial charge on any atom is -0.349 e. The van der Waals surface area contributed by atoms with Crippen molar-refractivity contribution in [3.63, 3.8) is 0 Å². The van der Waals surface area contributed by atoms with Crippen molar-refractivity contribution in [3.05, 3.63) is 59.9 Å². The molecule has 2 aromatic rings. The molecule has 7 heteroatoms. The molecule has 0 saturated carbocycles. The highest BCUT2D eigenvalue weighted by molar-refractivity contribution is 7.89. The van der Waals surface area contributed by atoms with Gasteiger partial charge in [0.25, 0.3) is 0 Å². The first-order chi connectivity index (χ1) is 13.0. The Labute approximate surface area is 160 Å². The van der Waals surface area contributed by atoms with Gasteiger partial charge >= 0.3 is 0 Å². The Morgan fingerprint density at radius 3 is 2.48 bits per heavy atom. The summed E-state index contributed by atoms with van der Waals surface area (Å²) in [6.07, 6.45) is 6.52. The van der Waals surface area contributed by atoms with E-state index < -0.39 is 10.0 Å². The highest BCUT2D eigenvalue weighted by Gasteiger charge is 2.25. The molecule has 1 atom stereocenters. The Balaban J connectivity index is 1.61. The molecule has 0 bridgehead atoms. The Morgan fingerprint density at radius 1 is 1.15 bits per heavy atom. The summed E-state index contributed by atoms with van der Waals surface area (Å²) in [6, 6.07) is 10.2. The van der Waals surface area contributed by atoms with Gasteiger partial charge in [0.15, 0.2) is 0 Å². The average molecular weight is 388 g/mol. The van der Waals surface area contributed by atoms with Gasteiger partial charge in [0.1, 0.15) is 0 Å². The number of nitrogens with one attached hydrogen (secondary N) is 1. The molecule has 0 radical (unpaired) electrons. The molecule has 144 valence electrons. The van der Waals surface area contributed by atoms with Crippen LogP contribution < -0.4 is 5.32 Å². The molecule has 3 rings (SSSR count). The lowest BCUT2D eigenvalue weighted by Crippen LogP contribution is -2.35. The Morgan fingerprint density at radius 2 is 1.85 bits per heavy atom. The molecule has 1 aliphatic heterocycles. The lowest BCUT2D eigenvalue weighted by molar-refractivity contribution is -0.121. The molecule has 6 nitrogen and oxygen atoms in total. The zero-order valence-electron chi connectivity index (χ0n) is 15.5. The van der Waals surface area contributed by atoms with Crippen LogP contribution in [0.4, 0.5) is 0 Å². The van der Waals surface area contributed by atoms with Gasteiger partial charge in [-0.15, -0.1) is 0 Å². The number of benzene rings is 1. The first kappa shape index (κ1) is 19.5. The van der Waals surface area contributed by atoms with Gasteiger partial charge in [-0.1, -0.05) is 24.6 Å². The summed E-state index contributed by atoms with van der Waals surface area (Å²) in [5, 5.41) is 2.94. The highest BCUT2D eigenvalue weighted by Crippen LogP contribution is 2.21. The summed E-state index contributed by atoms with van der Waals surface area (Å²) >= 11 is 0. The molecular weight excluding hydrogens is 362 g/mol. The average Bonchev–Trinajstić information content (AvgIpc) is 2.69. The van der Waals surface area contributed by atoms with Gasteiger partial charge < -0.3 is 5.32 Å². The van der Waals surface area contributed by atoms with Crippen molar-refractivity contribution in [1.82, 2.24) is 14.6 Å². The third-order valence-corrected chi connectivity index (χ3v) is 6.72. The topological polar surface area (TPSA) is 79.4 Å². The van der Waals surface area contributed by atoms with Crippen LogP contribution in [0.25, 0.3) is 0 Å². The minimum atomic E-state index is -3.44. The fourth-order valence-electron chi connectivity index (χ4n) is 3.23. The number of amides is 1. The first-order valence-corrected chi connectivity index (χ1v) is 10.7. The van der Waals surface area contributed by atoms with E-state index in [1.54, 1.807) is 41.0 Å². The number of hydrogen-bond acceptors (Lipinski definition) is 4. The number of hydrogen-bond donors (Lipinski definition) is 1. The van der Waals surface area contributed by atoms with E-state index >= 15 is 0 Å². The molecule has 1 aromatic heterocycles. The summed E-state index contributed by atoms with van der Waals surface area (Å²) in [5.74, 6) is -0.113. The van der Waals surface area contributed by atoms with Gasteiger partial charge in [0.2, 0.25) is 15.9 Å². The van der Waals surface area contributed by atoms with E-state index in [0.29, 0.717) is 13.1 Å². The van der Waals surface area contributed by atoms with Crippen molar-refractivity contribution in [1.29, 1.82) is 0 Å². The number of rotatable bonds is 6. The molecule has 1 aliphatic rings. The van der Waals surface area contributed by atoms with Crippen LogP contribution in [0, 0.1) is 0 Å². The van der Waals surface area contributed by atoms with Gasteiger partial charge in [-0.3, -0.25) is 9.78 Å². The molecule has 1 saturated heterocycles. The summed E-state index contributed by atoms with van der Waals surface area (Å²) in [6.45, 7) is 3.07. The van der Waals surface area contributed by atoms with Crippen LogP contribution in [0.1, 0.15) is 43.4 Å². The normalized spacial score (nSPS) is 16.6. The number of piperidine rings is 1.